The second kappa shape index (κ2) is 4.72. The molecule has 0 bridgehead atoms. The van der Waals surface area contributed by atoms with Crippen LogP contribution in [-0.4, -0.2) is 12.7 Å². The molecule has 0 aliphatic heterocycles. The molecule has 70 valence electrons. The van der Waals surface area contributed by atoms with Crippen molar-refractivity contribution in [1.29, 1.82) is 0 Å². The van der Waals surface area contributed by atoms with E-state index in [0.29, 0.717) is 11.4 Å². The van der Waals surface area contributed by atoms with Gasteiger partial charge in [-0.25, -0.2) is 4.79 Å². The summed E-state index contributed by atoms with van der Waals surface area (Å²) in [6.07, 6.45) is -0.171. The van der Waals surface area contributed by atoms with Gasteiger partial charge in [0.1, 0.15) is 0 Å². The summed E-state index contributed by atoms with van der Waals surface area (Å²) >= 11 is 5.87. The molecule has 0 aliphatic rings. The zero-order chi connectivity index (χ0) is 9.68. The minimum Gasteiger partial charge on any atom is -0.449 e. The molecule has 1 aromatic carbocycles. The van der Waals surface area contributed by atoms with Gasteiger partial charge in [-0.3, -0.25) is 0 Å². The lowest BCUT2D eigenvalue weighted by atomic mass is 10.2. The third-order valence-corrected chi connectivity index (χ3v) is 1.94. The van der Waals surface area contributed by atoms with E-state index in [0.717, 1.165) is 5.56 Å². The first-order chi connectivity index (χ1) is 6.20. The van der Waals surface area contributed by atoms with Gasteiger partial charge in [0.25, 0.3) is 0 Å². The quantitative estimate of drug-likeness (QED) is 0.809. The Morgan fingerprint density at radius 1 is 1.46 bits per heavy atom. The molecule has 0 saturated carbocycles. The number of carbonyl (C=O) groups is 1. The predicted molar refractivity (Wildman–Crippen MR) is 50.7 cm³/mol. The number of halogens is 1. The number of hydrogen-bond donors (Lipinski definition) is 1. The van der Waals surface area contributed by atoms with Gasteiger partial charge in [0, 0.05) is 11.4 Å². The smallest absolute Gasteiger partial charge is 0.404 e. The molecule has 0 aromatic heterocycles. The fraction of sp³-hybridized carbons (Fsp3) is 0.222. The van der Waals surface area contributed by atoms with Crippen LogP contribution in [0.25, 0.3) is 0 Å². The molecule has 0 aliphatic carbocycles. The van der Waals surface area contributed by atoms with Crippen LogP contribution in [0.5, 0.6) is 0 Å². The summed E-state index contributed by atoms with van der Waals surface area (Å²) in [4.78, 5) is 10.2. The van der Waals surface area contributed by atoms with E-state index in [4.69, 9.17) is 17.3 Å². The number of rotatable bonds is 3. The Balaban J connectivity index is 2.45. The second-order valence-corrected chi connectivity index (χ2v) is 2.92. The molecule has 0 radical (unpaired) electrons. The number of benzene rings is 1. The lowest BCUT2D eigenvalue weighted by Gasteiger charge is -2.03. The SMILES string of the molecule is NC(=O)OCCc1ccccc1Cl. The molecule has 2 N–H and O–H groups in total. The summed E-state index contributed by atoms with van der Waals surface area (Å²) in [6.45, 7) is 0.263. The van der Waals surface area contributed by atoms with E-state index in [1.165, 1.54) is 0 Å². The van der Waals surface area contributed by atoms with Crippen molar-refractivity contribution >= 4 is 17.7 Å². The number of hydrogen-bond acceptors (Lipinski definition) is 2. The maximum Gasteiger partial charge on any atom is 0.404 e. The average Bonchev–Trinajstić information content (AvgIpc) is 2.08. The standard InChI is InChI=1S/C9H10ClNO2/c10-8-4-2-1-3-7(8)5-6-13-9(11)12/h1-4H,5-6H2,(H2,11,12). The van der Waals surface area contributed by atoms with Crippen molar-refractivity contribution in [2.24, 2.45) is 5.73 Å². The molecule has 1 rings (SSSR count). The van der Waals surface area contributed by atoms with Crippen LogP contribution in [0.15, 0.2) is 24.3 Å². The van der Waals surface area contributed by atoms with Crippen LogP contribution in [-0.2, 0) is 11.2 Å². The third kappa shape index (κ3) is 3.34. The van der Waals surface area contributed by atoms with Crippen molar-refractivity contribution in [2.45, 2.75) is 6.42 Å². The number of ether oxygens (including phenoxy) is 1. The van der Waals surface area contributed by atoms with Crippen LogP contribution in [0.3, 0.4) is 0 Å². The van der Waals surface area contributed by atoms with Crippen LogP contribution < -0.4 is 5.73 Å². The zero-order valence-corrected chi connectivity index (χ0v) is 7.75. The molecule has 1 amide bonds. The lowest BCUT2D eigenvalue weighted by molar-refractivity contribution is 0.158. The highest BCUT2D eigenvalue weighted by molar-refractivity contribution is 6.31. The van der Waals surface area contributed by atoms with Crippen molar-refractivity contribution in [3.63, 3.8) is 0 Å². The van der Waals surface area contributed by atoms with Gasteiger partial charge in [0.15, 0.2) is 0 Å². The van der Waals surface area contributed by atoms with E-state index in [1.807, 2.05) is 18.2 Å². The summed E-state index contributed by atoms with van der Waals surface area (Å²) in [7, 11) is 0. The molecule has 13 heavy (non-hydrogen) atoms. The Morgan fingerprint density at radius 3 is 2.77 bits per heavy atom. The topological polar surface area (TPSA) is 52.3 Å². The highest BCUT2D eigenvalue weighted by atomic mass is 35.5. The summed E-state index contributed by atoms with van der Waals surface area (Å²) in [5.74, 6) is 0. The Labute approximate surface area is 81.4 Å². The van der Waals surface area contributed by atoms with Crippen molar-refractivity contribution in [3.8, 4) is 0 Å². The van der Waals surface area contributed by atoms with Gasteiger partial charge in [-0.1, -0.05) is 29.8 Å². The third-order valence-electron chi connectivity index (χ3n) is 1.57. The van der Waals surface area contributed by atoms with E-state index >= 15 is 0 Å². The van der Waals surface area contributed by atoms with E-state index in [9.17, 15) is 4.79 Å². The molecule has 0 heterocycles. The van der Waals surface area contributed by atoms with Gasteiger partial charge >= 0.3 is 6.09 Å². The van der Waals surface area contributed by atoms with Crippen molar-refractivity contribution < 1.29 is 9.53 Å². The normalized spacial score (nSPS) is 9.62. The predicted octanol–water partition coefficient (Wildman–Crippen LogP) is 1.98. The number of primary amides is 1. The summed E-state index contributed by atoms with van der Waals surface area (Å²) in [5, 5.41) is 0.676. The molecule has 0 atom stereocenters. The highest BCUT2D eigenvalue weighted by Crippen LogP contribution is 2.15. The van der Waals surface area contributed by atoms with Crippen LogP contribution in [0, 0.1) is 0 Å². The minimum absolute atomic E-state index is 0.263. The summed E-state index contributed by atoms with van der Waals surface area (Å²) < 4.78 is 4.58. The lowest BCUT2D eigenvalue weighted by Crippen LogP contribution is -2.14. The maximum atomic E-state index is 10.2. The largest absolute Gasteiger partial charge is 0.449 e. The second-order valence-electron chi connectivity index (χ2n) is 2.51. The van der Waals surface area contributed by atoms with Gasteiger partial charge in [-0.05, 0) is 11.6 Å². The number of nitrogens with two attached hydrogens (primary N) is 1. The van der Waals surface area contributed by atoms with E-state index in [1.54, 1.807) is 6.07 Å². The van der Waals surface area contributed by atoms with E-state index < -0.39 is 6.09 Å². The van der Waals surface area contributed by atoms with Crippen LogP contribution in [0.1, 0.15) is 5.56 Å². The van der Waals surface area contributed by atoms with Gasteiger partial charge in [0.2, 0.25) is 0 Å². The highest BCUT2D eigenvalue weighted by Gasteiger charge is 1.99. The molecule has 0 saturated heterocycles. The fourth-order valence-electron chi connectivity index (χ4n) is 0.963. The van der Waals surface area contributed by atoms with Crippen LogP contribution in [0.4, 0.5) is 4.79 Å². The zero-order valence-electron chi connectivity index (χ0n) is 7.00. The van der Waals surface area contributed by atoms with Gasteiger partial charge < -0.3 is 10.5 Å². The van der Waals surface area contributed by atoms with Gasteiger partial charge in [-0.2, -0.15) is 0 Å². The Morgan fingerprint density at radius 2 is 2.15 bits per heavy atom. The minimum atomic E-state index is -0.757. The molecule has 0 unspecified atom stereocenters. The first-order valence-corrected chi connectivity index (χ1v) is 4.23. The summed E-state index contributed by atoms with van der Waals surface area (Å²) in [5.41, 5.74) is 5.75. The molecule has 3 nitrogen and oxygen atoms in total. The van der Waals surface area contributed by atoms with Crippen LogP contribution in [0.2, 0.25) is 5.02 Å². The molecular weight excluding hydrogens is 190 g/mol. The Kier molecular flexibility index (Phi) is 3.58. The number of carbonyl (C=O) groups excluding carboxylic acids is 1. The van der Waals surface area contributed by atoms with Crippen LogP contribution >= 0.6 is 11.6 Å². The van der Waals surface area contributed by atoms with Gasteiger partial charge in [-0.15, -0.1) is 0 Å². The first kappa shape index (κ1) is 9.86. The number of amides is 1. The summed E-state index contributed by atoms with van der Waals surface area (Å²) in [6, 6.07) is 7.40. The molecule has 4 heteroatoms. The molecule has 0 spiro atoms. The first-order valence-electron chi connectivity index (χ1n) is 3.86. The fourth-order valence-corrected chi connectivity index (χ4v) is 1.19. The van der Waals surface area contributed by atoms with Gasteiger partial charge in [0.05, 0.1) is 6.61 Å². The Bertz CT molecular complexity index is 301. The molecular formula is C9H10ClNO2. The Hall–Kier alpha value is -1.22. The molecule has 1 aromatic rings. The maximum absolute atomic E-state index is 10.2. The van der Waals surface area contributed by atoms with Crippen molar-refractivity contribution in [3.05, 3.63) is 34.9 Å². The van der Waals surface area contributed by atoms with E-state index in [2.05, 4.69) is 4.74 Å². The van der Waals surface area contributed by atoms with E-state index in [-0.39, 0.29) is 6.61 Å². The van der Waals surface area contributed by atoms with Crippen molar-refractivity contribution in [2.75, 3.05) is 6.61 Å². The average molecular weight is 200 g/mol. The van der Waals surface area contributed by atoms with Crippen molar-refractivity contribution in [1.82, 2.24) is 0 Å². The monoisotopic (exact) mass is 199 g/mol. The molecule has 0 fully saturated rings.